The minimum absolute atomic E-state index is 0.290. The molecule has 0 spiro atoms. The maximum absolute atomic E-state index is 9.47. The standard InChI is InChI=1S/C21H18N2O/c1-16-12-14-19(15-13-16)21(23-24)22-20(17-8-4-2-5-9-17)18-10-6-3-7-11-18/h2-15,24H,1H3/b23-21+. The Kier molecular flexibility index (Phi) is 4.82. The van der Waals surface area contributed by atoms with Crippen molar-refractivity contribution >= 4 is 11.5 Å². The molecule has 0 aliphatic rings. The van der Waals surface area contributed by atoms with Crippen LogP contribution in [0, 0.1) is 6.92 Å². The summed E-state index contributed by atoms with van der Waals surface area (Å²) in [4.78, 5) is 4.65. The monoisotopic (exact) mass is 314 g/mol. The Hall–Kier alpha value is -3.20. The van der Waals surface area contributed by atoms with E-state index in [4.69, 9.17) is 0 Å². The molecule has 1 N–H and O–H groups in total. The Labute approximate surface area is 141 Å². The SMILES string of the molecule is Cc1ccc(/C(N=C(c2ccccc2)c2ccccc2)=N\O)cc1. The number of aliphatic imine (C=N–C) groups is 1. The largest absolute Gasteiger partial charge is 0.409 e. The van der Waals surface area contributed by atoms with Crippen molar-refractivity contribution in [1.29, 1.82) is 0 Å². The Morgan fingerprint density at radius 3 is 1.62 bits per heavy atom. The van der Waals surface area contributed by atoms with Crippen LogP contribution >= 0.6 is 0 Å². The molecule has 0 amide bonds. The third-order valence-corrected chi connectivity index (χ3v) is 3.72. The number of hydrogen-bond donors (Lipinski definition) is 1. The second-order valence-corrected chi connectivity index (χ2v) is 5.48. The third kappa shape index (κ3) is 3.58. The number of oxime groups is 1. The highest BCUT2D eigenvalue weighted by molar-refractivity contribution is 6.19. The zero-order valence-corrected chi connectivity index (χ0v) is 13.4. The molecule has 0 aliphatic heterocycles. The Bertz CT molecular complexity index is 810. The highest BCUT2D eigenvalue weighted by Crippen LogP contribution is 2.14. The minimum atomic E-state index is 0.290. The van der Waals surface area contributed by atoms with E-state index >= 15 is 0 Å². The van der Waals surface area contributed by atoms with Crippen LogP contribution in [-0.4, -0.2) is 16.8 Å². The van der Waals surface area contributed by atoms with Crippen molar-refractivity contribution in [1.82, 2.24) is 0 Å². The molecule has 0 fully saturated rings. The number of aryl methyl sites for hydroxylation is 1. The number of nitrogens with zero attached hydrogens (tertiary/aromatic N) is 2. The van der Waals surface area contributed by atoms with E-state index in [1.165, 1.54) is 0 Å². The second-order valence-electron chi connectivity index (χ2n) is 5.48. The summed E-state index contributed by atoms with van der Waals surface area (Å²) < 4.78 is 0. The summed E-state index contributed by atoms with van der Waals surface area (Å²) in [7, 11) is 0. The molecular weight excluding hydrogens is 296 g/mol. The molecule has 118 valence electrons. The first-order valence-corrected chi connectivity index (χ1v) is 7.76. The van der Waals surface area contributed by atoms with Gasteiger partial charge in [-0.1, -0.05) is 95.6 Å². The molecule has 0 saturated heterocycles. The van der Waals surface area contributed by atoms with Gasteiger partial charge in [-0.15, -0.1) is 0 Å². The fourth-order valence-electron chi connectivity index (χ4n) is 2.44. The van der Waals surface area contributed by atoms with Crippen LogP contribution in [0.15, 0.2) is 95.1 Å². The zero-order valence-electron chi connectivity index (χ0n) is 13.4. The van der Waals surface area contributed by atoms with E-state index in [0.717, 1.165) is 28.0 Å². The molecule has 0 bridgehead atoms. The number of rotatable bonds is 3. The Morgan fingerprint density at radius 1 is 0.667 bits per heavy atom. The van der Waals surface area contributed by atoms with Gasteiger partial charge < -0.3 is 5.21 Å². The van der Waals surface area contributed by atoms with Crippen molar-refractivity contribution in [3.63, 3.8) is 0 Å². The second kappa shape index (κ2) is 7.38. The van der Waals surface area contributed by atoms with Gasteiger partial charge in [-0.3, -0.25) is 0 Å². The molecule has 0 unspecified atom stereocenters. The molecule has 3 heteroatoms. The highest BCUT2D eigenvalue weighted by atomic mass is 16.4. The van der Waals surface area contributed by atoms with Crippen molar-refractivity contribution in [2.45, 2.75) is 6.92 Å². The first-order valence-electron chi connectivity index (χ1n) is 7.76. The number of amidine groups is 1. The maximum Gasteiger partial charge on any atom is 0.199 e. The van der Waals surface area contributed by atoms with E-state index < -0.39 is 0 Å². The summed E-state index contributed by atoms with van der Waals surface area (Å²) >= 11 is 0. The molecule has 3 aromatic rings. The van der Waals surface area contributed by atoms with Crippen LogP contribution in [-0.2, 0) is 0 Å². The smallest absolute Gasteiger partial charge is 0.199 e. The number of benzene rings is 3. The predicted octanol–water partition coefficient (Wildman–Crippen LogP) is 4.67. The molecule has 24 heavy (non-hydrogen) atoms. The average Bonchev–Trinajstić information content (AvgIpc) is 2.65. The summed E-state index contributed by atoms with van der Waals surface area (Å²) in [6.07, 6.45) is 0. The first kappa shape index (κ1) is 15.7. The number of hydrogen-bond acceptors (Lipinski definition) is 2. The van der Waals surface area contributed by atoms with Gasteiger partial charge in [0, 0.05) is 16.7 Å². The normalized spacial score (nSPS) is 11.1. The molecule has 0 aromatic heterocycles. The van der Waals surface area contributed by atoms with Crippen LogP contribution < -0.4 is 0 Å². The van der Waals surface area contributed by atoms with Crippen LogP contribution in [0.25, 0.3) is 0 Å². The lowest BCUT2D eigenvalue weighted by Crippen LogP contribution is -2.08. The van der Waals surface area contributed by atoms with E-state index in [1.807, 2.05) is 91.9 Å². The average molecular weight is 314 g/mol. The molecule has 0 radical (unpaired) electrons. The van der Waals surface area contributed by atoms with E-state index in [-0.39, 0.29) is 5.84 Å². The van der Waals surface area contributed by atoms with E-state index in [1.54, 1.807) is 0 Å². The summed E-state index contributed by atoms with van der Waals surface area (Å²) in [6, 6.07) is 27.5. The van der Waals surface area contributed by atoms with E-state index in [0.29, 0.717) is 0 Å². The van der Waals surface area contributed by atoms with Crippen LogP contribution in [0.5, 0.6) is 0 Å². The van der Waals surface area contributed by atoms with Gasteiger partial charge in [0.1, 0.15) is 0 Å². The van der Waals surface area contributed by atoms with Gasteiger partial charge in [0.05, 0.1) is 5.71 Å². The third-order valence-electron chi connectivity index (χ3n) is 3.72. The van der Waals surface area contributed by atoms with Crippen LogP contribution in [0.3, 0.4) is 0 Å². The molecule has 0 saturated carbocycles. The van der Waals surface area contributed by atoms with Gasteiger partial charge in [0.15, 0.2) is 5.84 Å². The fraction of sp³-hybridized carbons (Fsp3) is 0.0476. The topological polar surface area (TPSA) is 45.0 Å². The van der Waals surface area contributed by atoms with Crippen molar-refractivity contribution < 1.29 is 5.21 Å². The van der Waals surface area contributed by atoms with Gasteiger partial charge in [-0.25, -0.2) is 4.99 Å². The van der Waals surface area contributed by atoms with E-state index in [2.05, 4.69) is 10.1 Å². The quantitative estimate of drug-likeness (QED) is 0.325. The fourth-order valence-corrected chi connectivity index (χ4v) is 2.44. The lowest BCUT2D eigenvalue weighted by atomic mass is 10.0. The Morgan fingerprint density at radius 2 is 1.17 bits per heavy atom. The molecule has 0 aliphatic carbocycles. The zero-order chi connectivity index (χ0) is 16.8. The van der Waals surface area contributed by atoms with Crippen molar-refractivity contribution in [2.75, 3.05) is 0 Å². The molecule has 3 rings (SSSR count). The molecule has 3 nitrogen and oxygen atoms in total. The van der Waals surface area contributed by atoms with Crippen molar-refractivity contribution in [3.8, 4) is 0 Å². The van der Waals surface area contributed by atoms with Gasteiger partial charge in [-0.05, 0) is 6.92 Å². The van der Waals surface area contributed by atoms with Gasteiger partial charge in [0.25, 0.3) is 0 Å². The molecule has 0 heterocycles. The maximum atomic E-state index is 9.47. The molecule has 0 atom stereocenters. The lowest BCUT2D eigenvalue weighted by molar-refractivity contribution is 0.318. The summed E-state index contributed by atoms with van der Waals surface area (Å²) in [5, 5.41) is 12.9. The van der Waals surface area contributed by atoms with Crippen LogP contribution in [0.2, 0.25) is 0 Å². The van der Waals surface area contributed by atoms with Crippen molar-refractivity contribution in [2.24, 2.45) is 10.1 Å². The van der Waals surface area contributed by atoms with E-state index in [9.17, 15) is 5.21 Å². The Balaban J connectivity index is 2.10. The lowest BCUT2D eigenvalue weighted by Gasteiger charge is -2.08. The summed E-state index contributed by atoms with van der Waals surface area (Å²) in [6.45, 7) is 2.02. The summed E-state index contributed by atoms with van der Waals surface area (Å²) in [5.41, 5.74) is 4.62. The molecule has 3 aromatic carbocycles. The predicted molar refractivity (Wildman–Crippen MR) is 98.0 cm³/mol. The highest BCUT2D eigenvalue weighted by Gasteiger charge is 2.10. The van der Waals surface area contributed by atoms with Gasteiger partial charge in [0.2, 0.25) is 0 Å². The van der Waals surface area contributed by atoms with Gasteiger partial charge >= 0.3 is 0 Å². The summed E-state index contributed by atoms with van der Waals surface area (Å²) in [5.74, 6) is 0.290. The molecular formula is C21H18N2O. The van der Waals surface area contributed by atoms with Crippen molar-refractivity contribution in [3.05, 3.63) is 107 Å². The first-order chi connectivity index (χ1) is 11.8. The minimum Gasteiger partial charge on any atom is -0.409 e. The van der Waals surface area contributed by atoms with Crippen LogP contribution in [0.4, 0.5) is 0 Å². The van der Waals surface area contributed by atoms with Crippen LogP contribution in [0.1, 0.15) is 22.3 Å². The van der Waals surface area contributed by atoms with Gasteiger partial charge in [-0.2, -0.15) is 0 Å².